The second-order valence-corrected chi connectivity index (χ2v) is 7.70. The number of aromatic hydroxyl groups is 1. The van der Waals surface area contributed by atoms with Crippen LogP contribution in [0.2, 0.25) is 0 Å². The molecule has 1 unspecified atom stereocenters. The lowest BCUT2D eigenvalue weighted by atomic mass is 10.0. The number of halogens is 2. The van der Waals surface area contributed by atoms with Crippen LogP contribution in [0.15, 0.2) is 42.5 Å². The van der Waals surface area contributed by atoms with Crippen LogP contribution in [0.3, 0.4) is 0 Å². The van der Waals surface area contributed by atoms with Crippen molar-refractivity contribution in [1.82, 2.24) is 15.5 Å². The van der Waals surface area contributed by atoms with Gasteiger partial charge < -0.3 is 15.3 Å². The smallest absolute Gasteiger partial charge is 0.349 e. The summed E-state index contributed by atoms with van der Waals surface area (Å²) in [5, 5.41) is 13.8. The lowest BCUT2D eigenvalue weighted by molar-refractivity contribution is -0.147. The zero-order valence-electron chi connectivity index (χ0n) is 16.7. The van der Waals surface area contributed by atoms with E-state index in [9.17, 15) is 33.1 Å². The van der Waals surface area contributed by atoms with Gasteiger partial charge in [-0.1, -0.05) is 24.3 Å². The number of carbonyl (C=O) groups is 4. The van der Waals surface area contributed by atoms with E-state index in [4.69, 9.17) is 0 Å². The second kappa shape index (κ2) is 8.03. The maximum atomic E-state index is 14.4. The van der Waals surface area contributed by atoms with Crippen LogP contribution in [0.1, 0.15) is 39.9 Å². The van der Waals surface area contributed by atoms with Gasteiger partial charge in [0.2, 0.25) is 11.8 Å². The van der Waals surface area contributed by atoms with Gasteiger partial charge in [-0.2, -0.15) is 8.78 Å². The third-order valence-corrected chi connectivity index (χ3v) is 5.53. The molecule has 0 aliphatic carbocycles. The molecule has 2 aromatic rings. The van der Waals surface area contributed by atoms with Crippen molar-refractivity contribution in [3.8, 4) is 5.75 Å². The van der Waals surface area contributed by atoms with Crippen molar-refractivity contribution >= 4 is 23.6 Å². The quantitative estimate of drug-likeness (QED) is 0.607. The first-order valence-electron chi connectivity index (χ1n) is 9.89. The van der Waals surface area contributed by atoms with Crippen LogP contribution in [0.5, 0.6) is 5.75 Å². The summed E-state index contributed by atoms with van der Waals surface area (Å²) in [7, 11) is 0. The first-order chi connectivity index (χ1) is 15.2. The maximum Gasteiger partial charge on any atom is 0.349 e. The third-order valence-electron chi connectivity index (χ3n) is 5.53. The minimum Gasteiger partial charge on any atom is -0.508 e. The van der Waals surface area contributed by atoms with Crippen LogP contribution in [-0.4, -0.2) is 39.7 Å². The zero-order valence-corrected chi connectivity index (χ0v) is 16.7. The first kappa shape index (κ1) is 21.4. The molecule has 166 valence electrons. The average Bonchev–Trinajstić information content (AvgIpc) is 3.07. The van der Waals surface area contributed by atoms with Crippen molar-refractivity contribution < 1.29 is 33.1 Å². The molecule has 0 bridgehead atoms. The Morgan fingerprint density at radius 1 is 1.19 bits per heavy atom. The number of nitrogens with zero attached hydrogens (tertiary/aromatic N) is 1. The van der Waals surface area contributed by atoms with Crippen LogP contribution in [0.25, 0.3) is 0 Å². The molecule has 1 saturated heterocycles. The second-order valence-electron chi connectivity index (χ2n) is 7.70. The van der Waals surface area contributed by atoms with Gasteiger partial charge in [-0.05, 0) is 35.7 Å². The molecule has 3 N–H and O–H groups in total. The van der Waals surface area contributed by atoms with Crippen molar-refractivity contribution in [3.05, 3.63) is 64.7 Å². The summed E-state index contributed by atoms with van der Waals surface area (Å²) < 4.78 is 28.8. The fourth-order valence-corrected chi connectivity index (χ4v) is 3.86. The van der Waals surface area contributed by atoms with Crippen LogP contribution >= 0.6 is 0 Å². The summed E-state index contributed by atoms with van der Waals surface area (Å²) in [4.78, 5) is 49.6. The molecule has 2 aliphatic rings. The monoisotopic (exact) mass is 443 g/mol. The Hall–Kier alpha value is -3.82. The zero-order chi connectivity index (χ0) is 23.0. The molecule has 0 radical (unpaired) electrons. The minimum absolute atomic E-state index is 0.140. The number of phenolic OH excluding ortho intramolecular Hbond substituents is 1. The molecule has 0 aromatic heterocycles. The van der Waals surface area contributed by atoms with Gasteiger partial charge in [0.05, 0.1) is 0 Å². The highest BCUT2D eigenvalue weighted by atomic mass is 19.3. The van der Waals surface area contributed by atoms with E-state index in [1.54, 1.807) is 6.07 Å². The normalized spacial score (nSPS) is 18.4. The lowest BCUT2D eigenvalue weighted by Gasteiger charge is -2.29. The van der Waals surface area contributed by atoms with Gasteiger partial charge in [0, 0.05) is 30.6 Å². The largest absolute Gasteiger partial charge is 0.508 e. The van der Waals surface area contributed by atoms with Gasteiger partial charge in [0.15, 0.2) is 0 Å². The van der Waals surface area contributed by atoms with Gasteiger partial charge in [-0.3, -0.25) is 24.5 Å². The number of benzene rings is 2. The Morgan fingerprint density at radius 2 is 1.97 bits per heavy atom. The fraction of sp³-hybridized carbons (Fsp3) is 0.273. The van der Waals surface area contributed by atoms with E-state index in [0.717, 1.165) is 12.1 Å². The Bertz CT molecular complexity index is 1130. The molecule has 1 fully saturated rings. The highest BCUT2D eigenvalue weighted by Crippen LogP contribution is 2.31. The topological polar surface area (TPSA) is 116 Å². The van der Waals surface area contributed by atoms with Crippen molar-refractivity contribution in [1.29, 1.82) is 0 Å². The van der Waals surface area contributed by atoms with Crippen molar-refractivity contribution in [3.63, 3.8) is 0 Å². The number of fused-ring (bicyclic) bond motifs is 1. The van der Waals surface area contributed by atoms with Gasteiger partial charge in [-0.15, -0.1) is 0 Å². The summed E-state index contributed by atoms with van der Waals surface area (Å²) in [5.74, 6) is -6.99. The average molecular weight is 443 g/mol. The van der Waals surface area contributed by atoms with Gasteiger partial charge in [0.25, 0.3) is 11.8 Å². The maximum absolute atomic E-state index is 14.4. The SMILES string of the molecule is O=C1CCC(N2Cc3cc(CNC(=O)C(F)(F)c4cccc(O)c4)ccc3C2=O)C(=O)N1. The number of piperidine rings is 1. The van der Waals surface area contributed by atoms with Gasteiger partial charge in [-0.25, -0.2) is 0 Å². The molecular formula is C22H19F2N3O5. The Morgan fingerprint density at radius 3 is 2.69 bits per heavy atom. The fourth-order valence-electron chi connectivity index (χ4n) is 3.86. The molecule has 2 heterocycles. The predicted molar refractivity (Wildman–Crippen MR) is 106 cm³/mol. The third kappa shape index (κ3) is 3.91. The summed E-state index contributed by atoms with van der Waals surface area (Å²) >= 11 is 0. The van der Waals surface area contributed by atoms with E-state index in [-0.39, 0.29) is 43.5 Å². The van der Waals surface area contributed by atoms with Crippen LogP contribution < -0.4 is 10.6 Å². The van der Waals surface area contributed by atoms with Crippen LogP contribution in [0.4, 0.5) is 8.78 Å². The van der Waals surface area contributed by atoms with E-state index < -0.39 is 29.3 Å². The summed E-state index contributed by atoms with van der Waals surface area (Å²) in [6, 6.07) is 8.24. The molecule has 8 nitrogen and oxygen atoms in total. The molecule has 2 aliphatic heterocycles. The van der Waals surface area contributed by atoms with E-state index in [0.29, 0.717) is 16.7 Å². The molecule has 10 heteroatoms. The highest BCUT2D eigenvalue weighted by molar-refractivity contribution is 6.05. The Balaban J connectivity index is 1.44. The molecule has 1 atom stereocenters. The molecule has 4 rings (SSSR count). The van der Waals surface area contributed by atoms with Gasteiger partial charge in [0.1, 0.15) is 11.8 Å². The Kier molecular flexibility index (Phi) is 5.37. The number of imide groups is 1. The summed E-state index contributed by atoms with van der Waals surface area (Å²) in [6.07, 6.45) is 0.374. The Labute approximate surface area is 181 Å². The van der Waals surface area contributed by atoms with E-state index in [2.05, 4.69) is 10.6 Å². The van der Waals surface area contributed by atoms with Crippen LogP contribution in [0, 0.1) is 0 Å². The van der Waals surface area contributed by atoms with Gasteiger partial charge >= 0.3 is 5.92 Å². The minimum atomic E-state index is -3.84. The molecule has 32 heavy (non-hydrogen) atoms. The number of carbonyl (C=O) groups excluding carboxylic acids is 4. The number of nitrogens with one attached hydrogen (secondary N) is 2. The predicted octanol–water partition coefficient (Wildman–Crippen LogP) is 1.56. The van der Waals surface area contributed by atoms with Crippen molar-refractivity contribution in [2.24, 2.45) is 0 Å². The standard InChI is InChI=1S/C22H19F2N3O5/c23-22(24,14-2-1-3-15(28)9-14)21(32)25-10-12-4-5-16-13(8-12)11-27(20(16)31)17-6-7-18(29)26-19(17)30/h1-5,8-9,17,28H,6-7,10-11H2,(H,25,32)(H,26,29,30). The van der Waals surface area contributed by atoms with Crippen LogP contribution in [-0.2, 0) is 33.4 Å². The number of rotatable bonds is 5. The number of phenols is 1. The number of hydrogen-bond donors (Lipinski definition) is 3. The molecule has 0 spiro atoms. The van der Waals surface area contributed by atoms with Crippen molar-refractivity contribution in [2.75, 3.05) is 0 Å². The summed E-state index contributed by atoms with van der Waals surface area (Å²) in [5.41, 5.74) is 0.859. The van der Waals surface area contributed by atoms with E-state index in [1.807, 2.05) is 0 Å². The van der Waals surface area contributed by atoms with Crippen molar-refractivity contribution in [2.45, 2.75) is 37.9 Å². The number of hydrogen-bond acceptors (Lipinski definition) is 5. The highest BCUT2D eigenvalue weighted by Gasteiger charge is 2.41. The van der Waals surface area contributed by atoms with E-state index in [1.165, 1.54) is 29.2 Å². The first-order valence-corrected chi connectivity index (χ1v) is 9.89. The molecule has 2 aromatic carbocycles. The molecule has 0 saturated carbocycles. The van der Waals surface area contributed by atoms with E-state index >= 15 is 0 Å². The summed E-state index contributed by atoms with van der Waals surface area (Å²) in [6.45, 7) is -0.0607. The lowest BCUT2D eigenvalue weighted by Crippen LogP contribution is -2.52. The molecule has 4 amide bonds. The number of alkyl halides is 2. The number of amides is 4. The molecular weight excluding hydrogens is 424 g/mol.